The third-order valence-corrected chi connectivity index (χ3v) is 2.10. The number of esters is 1. The SMILES string of the molecule is COC(=O)[C@H](C)NC(=O)[C@H](CO)NC(=O)OC(C)(C)C. The molecule has 116 valence electrons. The maximum Gasteiger partial charge on any atom is 0.408 e. The number of nitrogens with one attached hydrogen (secondary N) is 2. The molecular formula is C12H22N2O6. The van der Waals surface area contributed by atoms with Crippen molar-refractivity contribution in [3.63, 3.8) is 0 Å². The molecule has 0 saturated carbocycles. The van der Waals surface area contributed by atoms with Gasteiger partial charge in [-0.2, -0.15) is 0 Å². The number of carbonyl (C=O) groups excluding carboxylic acids is 3. The van der Waals surface area contributed by atoms with Gasteiger partial charge in [-0.15, -0.1) is 0 Å². The van der Waals surface area contributed by atoms with Gasteiger partial charge in [0.25, 0.3) is 0 Å². The van der Waals surface area contributed by atoms with Crippen LogP contribution >= 0.6 is 0 Å². The molecule has 0 rings (SSSR count). The molecular weight excluding hydrogens is 268 g/mol. The van der Waals surface area contributed by atoms with Crippen LogP contribution in [0, 0.1) is 0 Å². The summed E-state index contributed by atoms with van der Waals surface area (Å²) >= 11 is 0. The van der Waals surface area contributed by atoms with Crippen LogP contribution in [0.4, 0.5) is 4.79 Å². The average molecular weight is 290 g/mol. The predicted octanol–water partition coefficient (Wildman–Crippen LogP) is -0.450. The van der Waals surface area contributed by atoms with Gasteiger partial charge in [-0.3, -0.25) is 4.79 Å². The van der Waals surface area contributed by atoms with Gasteiger partial charge in [0.1, 0.15) is 17.7 Å². The third kappa shape index (κ3) is 6.93. The maximum atomic E-state index is 11.8. The summed E-state index contributed by atoms with van der Waals surface area (Å²) in [4.78, 5) is 34.4. The van der Waals surface area contributed by atoms with E-state index >= 15 is 0 Å². The summed E-state index contributed by atoms with van der Waals surface area (Å²) in [6.07, 6.45) is -0.836. The van der Waals surface area contributed by atoms with Crippen LogP contribution in [-0.2, 0) is 19.1 Å². The highest BCUT2D eigenvalue weighted by molar-refractivity contribution is 5.89. The van der Waals surface area contributed by atoms with Gasteiger partial charge >= 0.3 is 12.1 Å². The van der Waals surface area contributed by atoms with E-state index in [-0.39, 0.29) is 0 Å². The first kappa shape index (κ1) is 18.2. The number of rotatable bonds is 5. The maximum absolute atomic E-state index is 11.8. The fraction of sp³-hybridized carbons (Fsp3) is 0.750. The summed E-state index contributed by atoms with van der Waals surface area (Å²) in [6.45, 7) is 5.80. The highest BCUT2D eigenvalue weighted by Gasteiger charge is 2.26. The molecule has 3 N–H and O–H groups in total. The monoisotopic (exact) mass is 290 g/mol. The number of methoxy groups -OCH3 is 1. The minimum atomic E-state index is -1.21. The molecule has 0 bridgehead atoms. The van der Waals surface area contributed by atoms with Crippen LogP contribution in [0.5, 0.6) is 0 Å². The van der Waals surface area contributed by atoms with Crippen LogP contribution in [-0.4, -0.2) is 54.5 Å². The van der Waals surface area contributed by atoms with E-state index in [2.05, 4.69) is 15.4 Å². The van der Waals surface area contributed by atoms with E-state index in [0.717, 1.165) is 0 Å². The van der Waals surface area contributed by atoms with E-state index in [1.165, 1.54) is 14.0 Å². The highest BCUT2D eigenvalue weighted by Crippen LogP contribution is 2.06. The van der Waals surface area contributed by atoms with Gasteiger partial charge in [0.05, 0.1) is 13.7 Å². The Hall–Kier alpha value is -1.83. The van der Waals surface area contributed by atoms with Crippen molar-refractivity contribution in [3.8, 4) is 0 Å². The molecule has 8 nitrogen and oxygen atoms in total. The Labute approximate surface area is 117 Å². The predicted molar refractivity (Wildman–Crippen MR) is 69.9 cm³/mol. The smallest absolute Gasteiger partial charge is 0.408 e. The molecule has 2 amide bonds. The fourth-order valence-corrected chi connectivity index (χ4v) is 1.19. The Bertz CT molecular complexity index is 363. The normalized spacial score (nSPS) is 13.9. The minimum Gasteiger partial charge on any atom is -0.467 e. The number of hydrogen-bond acceptors (Lipinski definition) is 6. The zero-order valence-electron chi connectivity index (χ0n) is 12.4. The quantitative estimate of drug-likeness (QED) is 0.591. The molecule has 0 aliphatic carbocycles. The lowest BCUT2D eigenvalue weighted by Gasteiger charge is -2.23. The van der Waals surface area contributed by atoms with E-state index in [4.69, 9.17) is 9.84 Å². The molecule has 0 spiro atoms. The number of aliphatic hydroxyl groups is 1. The van der Waals surface area contributed by atoms with Crippen molar-refractivity contribution >= 4 is 18.0 Å². The van der Waals surface area contributed by atoms with Gasteiger partial charge < -0.3 is 25.2 Å². The van der Waals surface area contributed by atoms with Crippen LogP contribution in [0.2, 0.25) is 0 Å². The number of amides is 2. The molecule has 0 fully saturated rings. The second-order valence-corrected chi connectivity index (χ2v) is 5.13. The van der Waals surface area contributed by atoms with Gasteiger partial charge in [0.2, 0.25) is 5.91 Å². The van der Waals surface area contributed by atoms with Crippen molar-refractivity contribution in [2.24, 2.45) is 0 Å². The zero-order valence-corrected chi connectivity index (χ0v) is 12.4. The number of aliphatic hydroxyl groups excluding tert-OH is 1. The summed E-state index contributed by atoms with van der Waals surface area (Å²) in [5.74, 6) is -1.34. The topological polar surface area (TPSA) is 114 Å². The lowest BCUT2D eigenvalue weighted by atomic mass is 10.2. The second kappa shape index (κ2) is 7.68. The van der Waals surface area contributed by atoms with Crippen molar-refractivity contribution in [2.45, 2.75) is 45.4 Å². The number of carbonyl (C=O) groups is 3. The first-order valence-electron chi connectivity index (χ1n) is 6.09. The van der Waals surface area contributed by atoms with Crippen molar-refractivity contribution in [1.29, 1.82) is 0 Å². The van der Waals surface area contributed by atoms with Crippen LogP contribution in [0.15, 0.2) is 0 Å². The molecule has 0 aliphatic heterocycles. The Kier molecular flexibility index (Phi) is 6.98. The van der Waals surface area contributed by atoms with Crippen molar-refractivity contribution in [1.82, 2.24) is 10.6 Å². The van der Waals surface area contributed by atoms with Gasteiger partial charge in [-0.25, -0.2) is 9.59 Å². The van der Waals surface area contributed by atoms with Crippen LogP contribution in [0.1, 0.15) is 27.7 Å². The van der Waals surface area contributed by atoms with Crippen molar-refractivity contribution < 1.29 is 29.0 Å². The minimum absolute atomic E-state index is 0.626. The summed E-state index contributed by atoms with van der Waals surface area (Å²) in [6, 6.07) is -2.10. The molecule has 0 aliphatic rings. The molecule has 0 radical (unpaired) electrons. The van der Waals surface area contributed by atoms with Gasteiger partial charge in [0, 0.05) is 0 Å². The first-order valence-corrected chi connectivity index (χ1v) is 6.09. The molecule has 8 heteroatoms. The molecule has 0 aromatic carbocycles. The summed E-state index contributed by atoms with van der Waals surface area (Å²) in [5.41, 5.74) is -0.722. The lowest BCUT2D eigenvalue weighted by molar-refractivity contribution is -0.144. The summed E-state index contributed by atoms with van der Waals surface area (Å²) in [5, 5.41) is 13.6. The van der Waals surface area contributed by atoms with Crippen molar-refractivity contribution in [2.75, 3.05) is 13.7 Å². The molecule has 0 unspecified atom stereocenters. The van der Waals surface area contributed by atoms with Crippen LogP contribution in [0.3, 0.4) is 0 Å². The average Bonchev–Trinajstić information content (AvgIpc) is 2.32. The Morgan fingerprint density at radius 2 is 1.75 bits per heavy atom. The van der Waals surface area contributed by atoms with Crippen molar-refractivity contribution in [3.05, 3.63) is 0 Å². The number of ether oxygens (including phenoxy) is 2. The van der Waals surface area contributed by atoms with Gasteiger partial charge in [-0.05, 0) is 27.7 Å². The Morgan fingerprint density at radius 3 is 2.15 bits per heavy atom. The van der Waals surface area contributed by atoms with E-state index < -0.39 is 42.3 Å². The fourth-order valence-electron chi connectivity index (χ4n) is 1.19. The first-order chi connectivity index (χ1) is 9.10. The molecule has 20 heavy (non-hydrogen) atoms. The zero-order chi connectivity index (χ0) is 15.9. The number of hydrogen-bond donors (Lipinski definition) is 3. The molecule has 2 atom stereocenters. The van der Waals surface area contributed by atoms with E-state index in [9.17, 15) is 14.4 Å². The number of alkyl carbamates (subject to hydrolysis) is 1. The molecule has 0 aromatic rings. The summed E-state index contributed by atoms with van der Waals surface area (Å²) in [7, 11) is 1.19. The summed E-state index contributed by atoms with van der Waals surface area (Å²) < 4.78 is 9.41. The van der Waals surface area contributed by atoms with E-state index in [1.54, 1.807) is 20.8 Å². The van der Waals surface area contributed by atoms with E-state index in [0.29, 0.717) is 0 Å². The second-order valence-electron chi connectivity index (χ2n) is 5.13. The third-order valence-electron chi connectivity index (χ3n) is 2.10. The largest absolute Gasteiger partial charge is 0.467 e. The highest BCUT2D eigenvalue weighted by atomic mass is 16.6. The van der Waals surface area contributed by atoms with Crippen LogP contribution in [0.25, 0.3) is 0 Å². The molecule has 0 saturated heterocycles. The van der Waals surface area contributed by atoms with E-state index in [1.807, 2.05) is 0 Å². The standard InChI is InChI=1S/C12H22N2O6/c1-7(10(17)19-5)13-9(16)8(6-15)14-11(18)20-12(2,3)4/h7-8,15H,6H2,1-5H3,(H,13,16)(H,14,18)/t7-,8-/m0/s1. The Balaban J connectivity index is 4.49. The lowest BCUT2D eigenvalue weighted by Crippen LogP contribution is -2.53. The van der Waals surface area contributed by atoms with Gasteiger partial charge in [0.15, 0.2) is 0 Å². The van der Waals surface area contributed by atoms with Gasteiger partial charge in [-0.1, -0.05) is 0 Å². The molecule has 0 heterocycles. The molecule has 0 aromatic heterocycles. The van der Waals surface area contributed by atoms with Crippen LogP contribution < -0.4 is 10.6 Å². The Morgan fingerprint density at radius 1 is 1.20 bits per heavy atom.